The number of anilines is 1. The average Bonchev–Trinajstić information content (AvgIpc) is 2.97. The summed E-state index contributed by atoms with van der Waals surface area (Å²) >= 11 is 0. The molecule has 0 fully saturated rings. The molecule has 0 aromatic carbocycles. The summed E-state index contributed by atoms with van der Waals surface area (Å²) in [5.74, 6) is -0.211. The first-order valence-electron chi connectivity index (χ1n) is 5.19. The fraction of sp³-hybridized carbons (Fsp3) is 0.182. The Morgan fingerprint density at radius 1 is 1.56 bits per heavy atom. The lowest BCUT2D eigenvalue weighted by molar-refractivity contribution is -0.119. The Hall–Kier alpha value is -2.57. The number of aromatic amines is 1. The van der Waals surface area contributed by atoms with Crippen molar-refractivity contribution in [1.82, 2.24) is 10.1 Å². The van der Waals surface area contributed by atoms with Crippen LogP contribution in [-0.4, -0.2) is 28.6 Å². The summed E-state index contributed by atoms with van der Waals surface area (Å²) in [4.78, 5) is 25.5. The van der Waals surface area contributed by atoms with Crippen LogP contribution in [0.3, 0.4) is 0 Å². The Kier molecular flexibility index (Phi) is 3.42. The van der Waals surface area contributed by atoms with Crippen molar-refractivity contribution in [3.05, 3.63) is 35.9 Å². The van der Waals surface area contributed by atoms with E-state index in [9.17, 15) is 9.59 Å². The summed E-state index contributed by atoms with van der Waals surface area (Å²) < 4.78 is 9.56. The SMILES string of the molecule is Cc1cc(NC(=O)COC(=O)c2ccc[nH]2)no1. The number of hydrogen-bond donors (Lipinski definition) is 2. The second kappa shape index (κ2) is 5.17. The lowest BCUT2D eigenvalue weighted by Crippen LogP contribution is -2.21. The maximum absolute atomic E-state index is 11.4. The normalized spacial score (nSPS) is 10.1. The molecule has 0 saturated heterocycles. The average molecular weight is 249 g/mol. The molecule has 2 aromatic heterocycles. The Labute approximate surface area is 102 Å². The number of aromatic nitrogens is 2. The zero-order chi connectivity index (χ0) is 13.0. The highest BCUT2D eigenvalue weighted by Crippen LogP contribution is 2.06. The van der Waals surface area contributed by atoms with Gasteiger partial charge in [-0.15, -0.1) is 0 Å². The molecule has 0 aliphatic rings. The standard InChI is InChI=1S/C11H11N3O4/c1-7-5-9(14-18-7)13-10(15)6-17-11(16)8-3-2-4-12-8/h2-5,12H,6H2,1H3,(H,13,14,15). The molecule has 0 bridgehead atoms. The zero-order valence-electron chi connectivity index (χ0n) is 9.60. The van der Waals surface area contributed by atoms with Gasteiger partial charge in [0.05, 0.1) is 0 Å². The van der Waals surface area contributed by atoms with Crippen molar-refractivity contribution in [2.75, 3.05) is 11.9 Å². The Morgan fingerprint density at radius 3 is 3.00 bits per heavy atom. The maximum Gasteiger partial charge on any atom is 0.355 e. The summed E-state index contributed by atoms with van der Waals surface area (Å²) in [6.45, 7) is 1.32. The minimum atomic E-state index is -0.591. The minimum Gasteiger partial charge on any atom is -0.451 e. The number of carbonyl (C=O) groups excluding carboxylic acids is 2. The number of rotatable bonds is 4. The van der Waals surface area contributed by atoms with E-state index in [2.05, 4.69) is 15.5 Å². The van der Waals surface area contributed by atoms with Crippen molar-refractivity contribution < 1.29 is 18.8 Å². The van der Waals surface area contributed by atoms with E-state index in [1.54, 1.807) is 31.3 Å². The molecule has 0 radical (unpaired) electrons. The van der Waals surface area contributed by atoms with Crippen LogP contribution in [0.5, 0.6) is 0 Å². The van der Waals surface area contributed by atoms with Crippen LogP contribution < -0.4 is 5.32 Å². The summed E-state index contributed by atoms with van der Waals surface area (Å²) in [5, 5.41) is 6.01. The van der Waals surface area contributed by atoms with Gasteiger partial charge in [-0.1, -0.05) is 5.16 Å². The number of nitrogens with zero attached hydrogens (tertiary/aromatic N) is 1. The van der Waals surface area contributed by atoms with E-state index in [0.29, 0.717) is 11.5 Å². The molecule has 2 heterocycles. The van der Waals surface area contributed by atoms with E-state index in [0.717, 1.165) is 0 Å². The van der Waals surface area contributed by atoms with E-state index in [-0.39, 0.29) is 12.4 Å². The fourth-order valence-electron chi connectivity index (χ4n) is 1.27. The second-order valence-electron chi connectivity index (χ2n) is 3.53. The predicted octanol–water partition coefficient (Wildman–Crippen LogP) is 1.11. The van der Waals surface area contributed by atoms with Crippen LogP contribution >= 0.6 is 0 Å². The first kappa shape index (κ1) is 11.9. The third-order valence-corrected chi connectivity index (χ3v) is 2.05. The highest BCUT2D eigenvalue weighted by atomic mass is 16.5. The van der Waals surface area contributed by atoms with E-state index in [1.807, 2.05) is 0 Å². The largest absolute Gasteiger partial charge is 0.451 e. The Bertz CT molecular complexity index is 544. The van der Waals surface area contributed by atoms with Gasteiger partial charge in [0.15, 0.2) is 12.4 Å². The van der Waals surface area contributed by atoms with Crippen molar-refractivity contribution in [2.24, 2.45) is 0 Å². The number of aryl methyl sites for hydroxylation is 1. The number of ether oxygens (including phenoxy) is 1. The molecule has 0 spiro atoms. The Balaban J connectivity index is 1.80. The number of hydrogen-bond acceptors (Lipinski definition) is 5. The molecule has 1 amide bonds. The monoisotopic (exact) mass is 249 g/mol. The first-order chi connectivity index (χ1) is 8.65. The van der Waals surface area contributed by atoms with Crippen LogP contribution in [0.25, 0.3) is 0 Å². The Morgan fingerprint density at radius 2 is 2.39 bits per heavy atom. The number of amides is 1. The highest BCUT2D eigenvalue weighted by Gasteiger charge is 2.11. The third kappa shape index (κ3) is 2.97. The van der Waals surface area contributed by atoms with Crippen molar-refractivity contribution >= 4 is 17.7 Å². The van der Waals surface area contributed by atoms with E-state index >= 15 is 0 Å². The molecule has 94 valence electrons. The number of nitrogens with one attached hydrogen (secondary N) is 2. The highest BCUT2D eigenvalue weighted by molar-refractivity contribution is 5.94. The van der Waals surface area contributed by atoms with Crippen molar-refractivity contribution in [3.8, 4) is 0 Å². The van der Waals surface area contributed by atoms with Gasteiger partial charge in [-0.2, -0.15) is 0 Å². The molecule has 7 nitrogen and oxygen atoms in total. The van der Waals surface area contributed by atoms with Crippen LogP contribution in [0, 0.1) is 6.92 Å². The number of carbonyl (C=O) groups is 2. The van der Waals surface area contributed by atoms with E-state index < -0.39 is 11.9 Å². The predicted molar refractivity (Wildman–Crippen MR) is 60.9 cm³/mol. The number of esters is 1. The van der Waals surface area contributed by atoms with Crippen LogP contribution in [0.15, 0.2) is 28.9 Å². The van der Waals surface area contributed by atoms with Gasteiger partial charge in [0.1, 0.15) is 11.5 Å². The van der Waals surface area contributed by atoms with E-state index in [1.165, 1.54) is 0 Å². The van der Waals surface area contributed by atoms with Crippen LogP contribution in [0.2, 0.25) is 0 Å². The van der Waals surface area contributed by atoms with Crippen molar-refractivity contribution in [1.29, 1.82) is 0 Å². The quantitative estimate of drug-likeness (QED) is 0.791. The summed E-state index contributed by atoms with van der Waals surface area (Å²) in [6, 6.07) is 4.78. The second-order valence-corrected chi connectivity index (χ2v) is 3.53. The molecule has 0 saturated carbocycles. The number of H-pyrrole nitrogens is 1. The topological polar surface area (TPSA) is 97.2 Å². The van der Waals surface area contributed by atoms with Gasteiger partial charge in [-0.3, -0.25) is 4.79 Å². The lowest BCUT2D eigenvalue weighted by Gasteiger charge is -2.02. The van der Waals surface area contributed by atoms with Gasteiger partial charge >= 0.3 is 5.97 Å². The van der Waals surface area contributed by atoms with Gasteiger partial charge in [0.25, 0.3) is 5.91 Å². The fourth-order valence-corrected chi connectivity index (χ4v) is 1.27. The van der Waals surface area contributed by atoms with Gasteiger partial charge in [-0.25, -0.2) is 4.79 Å². The van der Waals surface area contributed by atoms with Crippen molar-refractivity contribution in [3.63, 3.8) is 0 Å². The molecule has 7 heteroatoms. The molecular weight excluding hydrogens is 238 g/mol. The minimum absolute atomic E-state index is 0.286. The summed E-state index contributed by atoms with van der Waals surface area (Å²) in [5.41, 5.74) is 0.292. The van der Waals surface area contributed by atoms with E-state index in [4.69, 9.17) is 9.26 Å². The van der Waals surface area contributed by atoms with Gasteiger partial charge < -0.3 is 19.6 Å². The molecule has 18 heavy (non-hydrogen) atoms. The molecule has 2 rings (SSSR count). The molecule has 0 atom stereocenters. The first-order valence-corrected chi connectivity index (χ1v) is 5.19. The summed E-state index contributed by atoms with van der Waals surface area (Å²) in [6.07, 6.45) is 1.59. The van der Waals surface area contributed by atoms with Crippen LogP contribution in [0.4, 0.5) is 5.82 Å². The molecule has 0 aliphatic carbocycles. The lowest BCUT2D eigenvalue weighted by atomic mass is 10.4. The smallest absolute Gasteiger partial charge is 0.355 e. The third-order valence-electron chi connectivity index (χ3n) is 2.05. The molecule has 2 N–H and O–H groups in total. The molecular formula is C11H11N3O4. The van der Waals surface area contributed by atoms with Crippen LogP contribution in [0.1, 0.15) is 16.2 Å². The summed E-state index contributed by atoms with van der Waals surface area (Å²) in [7, 11) is 0. The van der Waals surface area contributed by atoms with Gasteiger partial charge in [-0.05, 0) is 19.1 Å². The van der Waals surface area contributed by atoms with Gasteiger partial charge in [0, 0.05) is 12.3 Å². The molecule has 2 aromatic rings. The van der Waals surface area contributed by atoms with Gasteiger partial charge in [0.2, 0.25) is 0 Å². The van der Waals surface area contributed by atoms with Crippen LogP contribution in [-0.2, 0) is 9.53 Å². The van der Waals surface area contributed by atoms with Crippen molar-refractivity contribution in [2.45, 2.75) is 6.92 Å². The maximum atomic E-state index is 11.4. The zero-order valence-corrected chi connectivity index (χ0v) is 9.60. The molecule has 0 unspecified atom stereocenters. The molecule has 0 aliphatic heterocycles.